The zero-order chi connectivity index (χ0) is 19.7. The lowest BCUT2D eigenvalue weighted by Gasteiger charge is -2.20. The number of carboxylic acid groups (broad SMARTS) is 1. The lowest BCUT2D eigenvalue weighted by Crippen LogP contribution is -2.45. The Morgan fingerprint density at radius 3 is 2.59 bits per heavy atom. The third-order valence-electron chi connectivity index (χ3n) is 4.06. The maximum Gasteiger partial charge on any atom is 0.323 e. The Morgan fingerprint density at radius 1 is 1.33 bits per heavy atom. The van der Waals surface area contributed by atoms with E-state index < -0.39 is 36.3 Å². The van der Waals surface area contributed by atoms with Crippen molar-refractivity contribution in [3.8, 4) is 5.75 Å². The van der Waals surface area contributed by atoms with Crippen LogP contribution in [0.3, 0.4) is 0 Å². The van der Waals surface area contributed by atoms with Crippen LogP contribution in [-0.2, 0) is 19.2 Å². The van der Waals surface area contributed by atoms with Gasteiger partial charge in [-0.15, -0.1) is 0 Å². The highest BCUT2D eigenvalue weighted by Crippen LogP contribution is 2.36. The minimum absolute atomic E-state index is 0.156. The first-order valence-corrected chi connectivity index (χ1v) is 9.01. The van der Waals surface area contributed by atoms with Gasteiger partial charge in [0.25, 0.3) is 11.8 Å². The lowest BCUT2D eigenvalue weighted by molar-refractivity contribution is -0.149. The molecule has 27 heavy (non-hydrogen) atoms. The highest BCUT2D eigenvalue weighted by molar-refractivity contribution is 8.26. The van der Waals surface area contributed by atoms with Gasteiger partial charge in [0.05, 0.1) is 18.4 Å². The summed E-state index contributed by atoms with van der Waals surface area (Å²) in [7, 11) is 1.55. The number of methoxy groups -OCH3 is 1. The van der Waals surface area contributed by atoms with Crippen molar-refractivity contribution in [3.63, 3.8) is 0 Å². The van der Waals surface area contributed by atoms with Gasteiger partial charge in [-0.25, -0.2) is 0 Å². The molecule has 0 spiro atoms. The van der Waals surface area contributed by atoms with Crippen LogP contribution in [0.25, 0.3) is 6.08 Å². The van der Waals surface area contributed by atoms with Crippen molar-refractivity contribution in [2.75, 3.05) is 13.7 Å². The Balaban J connectivity index is 1.82. The lowest BCUT2D eigenvalue weighted by atomic mass is 10.2. The molecule has 140 valence electrons. The number of amides is 3. The van der Waals surface area contributed by atoms with Crippen LogP contribution in [0.1, 0.15) is 12.0 Å². The molecule has 0 radical (unpaired) electrons. The first-order chi connectivity index (χ1) is 12.8. The molecule has 0 bridgehead atoms. The van der Waals surface area contributed by atoms with Gasteiger partial charge in [-0.1, -0.05) is 36.1 Å². The number of aliphatic carboxylic acids is 1. The van der Waals surface area contributed by atoms with E-state index >= 15 is 0 Å². The molecule has 10 heteroatoms. The van der Waals surface area contributed by atoms with Crippen LogP contribution >= 0.6 is 24.0 Å². The van der Waals surface area contributed by atoms with E-state index in [0.29, 0.717) is 15.6 Å². The fourth-order valence-corrected chi connectivity index (χ4v) is 4.13. The molecule has 1 aromatic carbocycles. The van der Waals surface area contributed by atoms with E-state index in [0.717, 1.165) is 22.2 Å². The number of carbonyl (C=O) groups is 4. The summed E-state index contributed by atoms with van der Waals surface area (Å²) in [6.45, 7) is -0.732. The van der Waals surface area contributed by atoms with Gasteiger partial charge in [0.15, 0.2) is 0 Å². The average Bonchev–Trinajstić information content (AvgIpc) is 3.05. The number of benzene rings is 1. The summed E-state index contributed by atoms with van der Waals surface area (Å²) < 4.78 is 5.24. The van der Waals surface area contributed by atoms with Gasteiger partial charge in [0.2, 0.25) is 5.91 Å². The molecule has 2 fully saturated rings. The number of ether oxygens (including phenoxy) is 1. The van der Waals surface area contributed by atoms with Gasteiger partial charge in [-0.2, -0.15) is 0 Å². The summed E-state index contributed by atoms with van der Waals surface area (Å²) in [5.74, 6) is -2.48. The highest BCUT2D eigenvalue weighted by atomic mass is 32.2. The number of rotatable bonds is 5. The van der Waals surface area contributed by atoms with Crippen molar-refractivity contribution in [2.45, 2.75) is 12.5 Å². The number of thioether (sulfide) groups is 1. The number of imide groups is 1. The van der Waals surface area contributed by atoms with E-state index in [4.69, 9.17) is 22.1 Å². The van der Waals surface area contributed by atoms with Gasteiger partial charge in [-0.3, -0.25) is 29.0 Å². The second-order valence-corrected chi connectivity index (χ2v) is 7.43. The zero-order valence-electron chi connectivity index (χ0n) is 14.1. The van der Waals surface area contributed by atoms with Crippen LogP contribution in [-0.4, -0.2) is 62.6 Å². The quantitative estimate of drug-likeness (QED) is 0.441. The number of likely N-dealkylation sites (tertiary alicyclic amines) is 1. The van der Waals surface area contributed by atoms with E-state index in [-0.39, 0.29) is 10.7 Å². The summed E-state index contributed by atoms with van der Waals surface area (Å²) in [6, 6.07) is 5.92. The monoisotopic (exact) mass is 406 g/mol. The second kappa shape index (κ2) is 7.49. The molecular weight excluding hydrogens is 392 g/mol. The van der Waals surface area contributed by atoms with Crippen LogP contribution in [0, 0.1) is 0 Å². The normalized spacial score (nSPS) is 21.5. The maximum absolute atomic E-state index is 12.7. The topological polar surface area (TPSA) is 104 Å². The third-order valence-corrected chi connectivity index (χ3v) is 5.39. The van der Waals surface area contributed by atoms with Crippen molar-refractivity contribution in [1.82, 2.24) is 9.80 Å². The van der Waals surface area contributed by atoms with E-state index in [2.05, 4.69) is 0 Å². The molecular formula is C17H14N2O6S2. The SMILES string of the molecule is COc1ccc(/C=C2\SC(=S)N(C3CC(=O)N(CC(=O)O)C3=O)C2=O)cc1. The molecule has 3 rings (SSSR count). The number of carbonyl (C=O) groups excluding carboxylic acids is 3. The predicted octanol–water partition coefficient (Wildman–Crippen LogP) is 1.11. The van der Waals surface area contributed by atoms with Crippen LogP contribution < -0.4 is 4.74 Å². The van der Waals surface area contributed by atoms with Gasteiger partial charge >= 0.3 is 5.97 Å². The fourth-order valence-electron chi connectivity index (χ4n) is 2.77. The standard InChI is InChI=1S/C17H14N2O6S2/c1-25-10-4-2-9(3-5-10)6-12-16(24)19(17(26)27-12)11-7-13(20)18(15(11)23)8-14(21)22/h2-6,11H,7-8H2,1H3,(H,21,22)/b12-6-. The molecule has 8 nitrogen and oxygen atoms in total. The van der Waals surface area contributed by atoms with E-state index in [1.165, 1.54) is 0 Å². The molecule has 2 heterocycles. The van der Waals surface area contributed by atoms with E-state index in [1.807, 2.05) is 0 Å². The van der Waals surface area contributed by atoms with Crippen molar-refractivity contribution in [2.24, 2.45) is 0 Å². The van der Waals surface area contributed by atoms with E-state index in [1.54, 1.807) is 37.5 Å². The fraction of sp³-hybridized carbons (Fsp3) is 0.235. The van der Waals surface area contributed by atoms with Crippen molar-refractivity contribution < 1.29 is 29.0 Å². The van der Waals surface area contributed by atoms with Gasteiger partial charge in [0, 0.05) is 0 Å². The number of carboxylic acids is 1. The number of thiocarbonyl (C=S) groups is 1. The van der Waals surface area contributed by atoms with Crippen molar-refractivity contribution in [1.29, 1.82) is 0 Å². The van der Waals surface area contributed by atoms with Gasteiger partial charge in [-0.05, 0) is 23.8 Å². The zero-order valence-corrected chi connectivity index (χ0v) is 15.7. The average molecular weight is 406 g/mol. The first kappa shape index (κ1) is 19.1. The molecule has 1 unspecified atom stereocenters. The Hall–Kier alpha value is -2.72. The molecule has 0 aliphatic carbocycles. The van der Waals surface area contributed by atoms with Gasteiger partial charge in [0.1, 0.15) is 22.7 Å². The summed E-state index contributed by atoms with van der Waals surface area (Å²) in [4.78, 5) is 50.0. The molecule has 2 aliphatic rings. The minimum atomic E-state index is -1.30. The smallest absolute Gasteiger partial charge is 0.323 e. The Bertz CT molecular complexity index is 880. The molecule has 3 amide bonds. The molecule has 2 aliphatic heterocycles. The number of hydrogen-bond donors (Lipinski definition) is 1. The minimum Gasteiger partial charge on any atom is -0.497 e. The molecule has 1 N–H and O–H groups in total. The van der Waals surface area contributed by atoms with Crippen molar-refractivity contribution in [3.05, 3.63) is 34.7 Å². The molecule has 0 aromatic heterocycles. The molecule has 2 saturated heterocycles. The van der Waals surface area contributed by atoms with Crippen LogP contribution in [0.5, 0.6) is 5.75 Å². The maximum atomic E-state index is 12.7. The van der Waals surface area contributed by atoms with Crippen LogP contribution in [0.15, 0.2) is 29.2 Å². The Morgan fingerprint density at radius 2 is 2.00 bits per heavy atom. The summed E-state index contributed by atoms with van der Waals surface area (Å²) in [6.07, 6.45) is 1.35. The van der Waals surface area contributed by atoms with Crippen LogP contribution in [0.2, 0.25) is 0 Å². The van der Waals surface area contributed by atoms with E-state index in [9.17, 15) is 19.2 Å². The highest BCUT2D eigenvalue weighted by Gasteiger charge is 2.48. The number of nitrogens with zero attached hydrogens (tertiary/aromatic N) is 2. The van der Waals surface area contributed by atoms with Gasteiger partial charge < -0.3 is 9.84 Å². The summed E-state index contributed by atoms with van der Waals surface area (Å²) in [5.41, 5.74) is 0.748. The second-order valence-electron chi connectivity index (χ2n) is 5.76. The molecule has 0 saturated carbocycles. The summed E-state index contributed by atoms with van der Waals surface area (Å²) >= 11 is 6.25. The number of hydrogen-bond acceptors (Lipinski definition) is 7. The predicted molar refractivity (Wildman–Crippen MR) is 101 cm³/mol. The van der Waals surface area contributed by atoms with Crippen LogP contribution in [0.4, 0.5) is 0 Å². The Kier molecular flexibility index (Phi) is 5.29. The third kappa shape index (κ3) is 3.71. The van der Waals surface area contributed by atoms with Crippen molar-refractivity contribution >= 4 is 58.1 Å². The molecule has 1 atom stereocenters. The molecule has 1 aromatic rings. The largest absolute Gasteiger partial charge is 0.497 e. The summed E-state index contributed by atoms with van der Waals surface area (Å²) in [5, 5.41) is 8.83. The Labute approximate surface area is 163 Å². The first-order valence-electron chi connectivity index (χ1n) is 7.79.